The third-order valence-electron chi connectivity index (χ3n) is 3.64. The third kappa shape index (κ3) is 4.84. The third-order valence-corrected chi connectivity index (χ3v) is 3.64. The van der Waals surface area contributed by atoms with Crippen LogP contribution in [-0.2, 0) is 4.79 Å². The molecule has 0 bridgehead atoms. The SMILES string of the molecule is CC(C)(C)NC(=O)NC(=O)CN1CCC[C@H]1c1ccccc1. The van der Waals surface area contributed by atoms with Gasteiger partial charge in [0.1, 0.15) is 0 Å². The van der Waals surface area contributed by atoms with Crippen molar-refractivity contribution < 1.29 is 9.59 Å². The number of likely N-dealkylation sites (tertiary alicyclic amines) is 1. The van der Waals surface area contributed by atoms with Crippen LogP contribution in [0.1, 0.15) is 45.2 Å². The number of nitrogens with one attached hydrogen (secondary N) is 2. The summed E-state index contributed by atoms with van der Waals surface area (Å²) in [7, 11) is 0. The molecule has 3 amide bonds. The van der Waals surface area contributed by atoms with Gasteiger partial charge in [0.25, 0.3) is 0 Å². The first kappa shape index (κ1) is 16.5. The lowest BCUT2D eigenvalue weighted by atomic mass is 10.0. The molecule has 1 atom stereocenters. The maximum absolute atomic E-state index is 12.1. The molecule has 5 nitrogen and oxygen atoms in total. The zero-order valence-corrected chi connectivity index (χ0v) is 13.6. The van der Waals surface area contributed by atoms with Gasteiger partial charge in [0.15, 0.2) is 0 Å². The summed E-state index contributed by atoms with van der Waals surface area (Å²) < 4.78 is 0. The molecule has 2 rings (SSSR count). The van der Waals surface area contributed by atoms with E-state index in [4.69, 9.17) is 0 Å². The van der Waals surface area contributed by atoms with E-state index in [0.29, 0.717) is 0 Å². The van der Waals surface area contributed by atoms with Crippen molar-refractivity contribution in [3.63, 3.8) is 0 Å². The molecule has 120 valence electrons. The van der Waals surface area contributed by atoms with Gasteiger partial charge in [-0.3, -0.25) is 15.0 Å². The maximum atomic E-state index is 12.1. The van der Waals surface area contributed by atoms with Crippen molar-refractivity contribution in [3.8, 4) is 0 Å². The molecule has 1 aromatic rings. The summed E-state index contributed by atoms with van der Waals surface area (Å²) >= 11 is 0. The molecule has 2 N–H and O–H groups in total. The molecule has 1 aliphatic rings. The van der Waals surface area contributed by atoms with Gasteiger partial charge in [-0.2, -0.15) is 0 Å². The summed E-state index contributed by atoms with van der Waals surface area (Å²) in [4.78, 5) is 25.9. The monoisotopic (exact) mass is 303 g/mol. The van der Waals surface area contributed by atoms with Gasteiger partial charge in [-0.15, -0.1) is 0 Å². The average Bonchev–Trinajstić information content (AvgIpc) is 2.85. The van der Waals surface area contributed by atoms with E-state index < -0.39 is 6.03 Å². The number of amides is 3. The largest absolute Gasteiger partial charge is 0.333 e. The highest BCUT2D eigenvalue weighted by molar-refractivity contribution is 5.95. The second-order valence-electron chi connectivity index (χ2n) is 6.79. The smallest absolute Gasteiger partial charge is 0.321 e. The average molecular weight is 303 g/mol. The normalized spacial score (nSPS) is 19.0. The lowest BCUT2D eigenvalue weighted by Crippen LogP contribution is -2.50. The Balaban J connectivity index is 1.89. The molecule has 0 spiro atoms. The van der Waals surface area contributed by atoms with Gasteiger partial charge in [0.2, 0.25) is 5.91 Å². The second-order valence-corrected chi connectivity index (χ2v) is 6.79. The Morgan fingerprint density at radius 1 is 1.23 bits per heavy atom. The van der Waals surface area contributed by atoms with Crippen LogP contribution in [0.2, 0.25) is 0 Å². The number of benzene rings is 1. The Morgan fingerprint density at radius 2 is 1.91 bits per heavy atom. The fourth-order valence-electron chi connectivity index (χ4n) is 2.79. The van der Waals surface area contributed by atoms with E-state index in [-0.39, 0.29) is 24.0 Å². The predicted octanol–water partition coefficient (Wildman–Crippen LogP) is 2.45. The lowest BCUT2D eigenvalue weighted by molar-refractivity contribution is -0.121. The molecule has 1 fully saturated rings. The van der Waals surface area contributed by atoms with Crippen molar-refractivity contribution in [3.05, 3.63) is 35.9 Å². The number of hydrogen-bond donors (Lipinski definition) is 2. The molecular formula is C17H25N3O2. The Morgan fingerprint density at radius 3 is 2.55 bits per heavy atom. The number of carbonyl (C=O) groups is 2. The Labute approximate surface area is 132 Å². The summed E-state index contributed by atoms with van der Waals surface area (Å²) in [6.07, 6.45) is 2.12. The molecule has 5 heteroatoms. The van der Waals surface area contributed by atoms with Crippen LogP contribution in [-0.4, -0.2) is 35.5 Å². The molecule has 1 aliphatic heterocycles. The van der Waals surface area contributed by atoms with E-state index in [9.17, 15) is 9.59 Å². The summed E-state index contributed by atoms with van der Waals surface area (Å²) in [5.74, 6) is -0.260. The molecular weight excluding hydrogens is 278 g/mol. The van der Waals surface area contributed by atoms with Gasteiger partial charge in [-0.25, -0.2) is 4.79 Å². The highest BCUT2D eigenvalue weighted by atomic mass is 16.2. The second kappa shape index (κ2) is 6.92. The Bertz CT molecular complexity index is 522. The molecule has 1 heterocycles. The first-order valence-electron chi connectivity index (χ1n) is 7.76. The van der Waals surface area contributed by atoms with Crippen LogP contribution in [0.25, 0.3) is 0 Å². The number of rotatable bonds is 3. The molecule has 0 unspecified atom stereocenters. The quantitative estimate of drug-likeness (QED) is 0.901. The van der Waals surface area contributed by atoms with Gasteiger partial charge >= 0.3 is 6.03 Å². The number of hydrogen-bond acceptors (Lipinski definition) is 3. The number of urea groups is 1. The van der Waals surface area contributed by atoms with Crippen LogP contribution in [0.3, 0.4) is 0 Å². The molecule has 1 aromatic carbocycles. The van der Waals surface area contributed by atoms with Crippen molar-refractivity contribution in [2.24, 2.45) is 0 Å². The van der Waals surface area contributed by atoms with Gasteiger partial charge in [-0.1, -0.05) is 30.3 Å². The van der Waals surface area contributed by atoms with Crippen molar-refractivity contribution in [2.75, 3.05) is 13.1 Å². The van der Waals surface area contributed by atoms with E-state index in [2.05, 4.69) is 27.7 Å². The molecule has 0 saturated carbocycles. The van der Waals surface area contributed by atoms with Crippen LogP contribution in [0, 0.1) is 0 Å². The van der Waals surface area contributed by atoms with E-state index >= 15 is 0 Å². The predicted molar refractivity (Wildman–Crippen MR) is 86.4 cm³/mol. The number of carbonyl (C=O) groups excluding carboxylic acids is 2. The summed E-state index contributed by atoms with van der Waals surface area (Å²) in [6.45, 7) is 6.76. The molecule has 0 radical (unpaired) electrons. The minimum absolute atomic E-state index is 0.247. The molecule has 22 heavy (non-hydrogen) atoms. The summed E-state index contributed by atoms with van der Waals surface area (Å²) in [5, 5.41) is 5.13. The zero-order chi connectivity index (χ0) is 16.2. The van der Waals surface area contributed by atoms with Crippen LogP contribution >= 0.6 is 0 Å². The molecule has 1 saturated heterocycles. The number of imide groups is 1. The zero-order valence-electron chi connectivity index (χ0n) is 13.6. The van der Waals surface area contributed by atoms with Crippen molar-refractivity contribution in [1.29, 1.82) is 0 Å². The van der Waals surface area contributed by atoms with Crippen molar-refractivity contribution >= 4 is 11.9 Å². The van der Waals surface area contributed by atoms with Crippen LogP contribution in [0.15, 0.2) is 30.3 Å². The first-order chi connectivity index (χ1) is 10.3. The fraction of sp³-hybridized carbons (Fsp3) is 0.529. The van der Waals surface area contributed by atoms with Crippen molar-refractivity contribution in [2.45, 2.75) is 45.2 Å². The van der Waals surface area contributed by atoms with Gasteiger partial charge in [0.05, 0.1) is 6.54 Å². The minimum atomic E-state index is -0.437. The first-order valence-corrected chi connectivity index (χ1v) is 7.76. The standard InChI is InChI=1S/C17H25N3O2/c1-17(2,3)19-16(22)18-15(21)12-20-11-7-10-14(20)13-8-5-4-6-9-13/h4-6,8-9,14H,7,10-12H2,1-3H3,(H2,18,19,21,22)/t14-/m0/s1. The summed E-state index contributed by atoms with van der Waals surface area (Å²) in [5.41, 5.74) is 0.872. The van der Waals surface area contributed by atoms with E-state index in [0.717, 1.165) is 19.4 Å². The van der Waals surface area contributed by atoms with E-state index in [1.165, 1.54) is 5.56 Å². The van der Waals surface area contributed by atoms with Crippen LogP contribution < -0.4 is 10.6 Å². The van der Waals surface area contributed by atoms with Gasteiger partial charge in [0, 0.05) is 11.6 Å². The van der Waals surface area contributed by atoms with E-state index in [1.54, 1.807) is 0 Å². The minimum Gasteiger partial charge on any atom is -0.333 e. The number of nitrogens with zero attached hydrogens (tertiary/aromatic N) is 1. The topological polar surface area (TPSA) is 61.4 Å². The Hall–Kier alpha value is -1.88. The molecule has 0 aromatic heterocycles. The fourth-order valence-corrected chi connectivity index (χ4v) is 2.79. The lowest BCUT2D eigenvalue weighted by Gasteiger charge is -2.25. The molecule has 0 aliphatic carbocycles. The van der Waals surface area contributed by atoms with Gasteiger partial charge < -0.3 is 5.32 Å². The van der Waals surface area contributed by atoms with Crippen molar-refractivity contribution in [1.82, 2.24) is 15.5 Å². The summed E-state index contributed by atoms with van der Waals surface area (Å²) in [6, 6.07) is 10.0. The van der Waals surface area contributed by atoms with E-state index in [1.807, 2.05) is 39.0 Å². The van der Waals surface area contributed by atoms with Gasteiger partial charge in [-0.05, 0) is 45.7 Å². The van der Waals surface area contributed by atoms with Crippen LogP contribution in [0.4, 0.5) is 4.79 Å². The Kier molecular flexibility index (Phi) is 5.19. The highest BCUT2D eigenvalue weighted by Gasteiger charge is 2.28. The van der Waals surface area contributed by atoms with Crippen LogP contribution in [0.5, 0.6) is 0 Å². The maximum Gasteiger partial charge on any atom is 0.321 e. The highest BCUT2D eigenvalue weighted by Crippen LogP contribution is 2.31.